The first-order valence-corrected chi connectivity index (χ1v) is 6.81. The second kappa shape index (κ2) is 10.2. The molecule has 0 unspecified atom stereocenters. The number of hydrogen-bond donors (Lipinski definition) is 0. The molecule has 0 aliphatic rings. The lowest BCUT2D eigenvalue weighted by molar-refractivity contribution is 0.615. The van der Waals surface area contributed by atoms with Gasteiger partial charge in [0.15, 0.2) is 0 Å². The fourth-order valence-electron chi connectivity index (χ4n) is 0.901. The van der Waals surface area contributed by atoms with Crippen LogP contribution in [-0.2, 0) is 0 Å². The fraction of sp³-hybridized carbons (Fsp3) is 0.462. The molecule has 0 spiro atoms. The van der Waals surface area contributed by atoms with Crippen LogP contribution in [0.25, 0.3) is 12.8 Å². The highest BCUT2D eigenvalue weighted by Crippen LogP contribution is 2.13. The van der Waals surface area contributed by atoms with Gasteiger partial charge in [-0.1, -0.05) is 45.9 Å². The Morgan fingerprint density at radius 2 is 1.76 bits per heavy atom. The van der Waals surface area contributed by atoms with Crippen molar-refractivity contribution in [1.82, 2.24) is 4.90 Å². The minimum absolute atomic E-state index is 0.486. The van der Waals surface area contributed by atoms with Crippen LogP contribution in [0.4, 0.5) is 0 Å². The predicted octanol–water partition coefficient (Wildman–Crippen LogP) is 3.04. The summed E-state index contributed by atoms with van der Waals surface area (Å²) in [5.41, 5.74) is 0.486. The van der Waals surface area contributed by atoms with Gasteiger partial charge in [-0.05, 0) is 0 Å². The molecule has 0 aliphatic carbocycles. The van der Waals surface area contributed by atoms with E-state index in [1.54, 1.807) is 0 Å². The standard InChI is InChI=1S/C9H9ClN2S.2C2H6/c1-6-7(4-11)9(10)13-8(6)5-12(2)3;2*1-2/h5H,1H2,2-3H3;2*1-2H3/b8-5+;;. The Kier molecular flexibility index (Phi) is 11.0. The van der Waals surface area contributed by atoms with Gasteiger partial charge in [0.25, 0.3) is 0 Å². The molecule has 0 atom stereocenters. The van der Waals surface area contributed by atoms with Crippen molar-refractivity contribution in [2.45, 2.75) is 27.7 Å². The van der Waals surface area contributed by atoms with Crippen LogP contribution in [0.1, 0.15) is 33.3 Å². The second-order valence-electron chi connectivity index (χ2n) is 2.80. The van der Waals surface area contributed by atoms with Crippen LogP contribution in [0.2, 0.25) is 4.34 Å². The normalized spacial score (nSPS) is 9.41. The van der Waals surface area contributed by atoms with E-state index in [1.807, 2.05) is 59.0 Å². The molecule has 0 radical (unpaired) electrons. The van der Waals surface area contributed by atoms with Crippen molar-refractivity contribution in [2.24, 2.45) is 0 Å². The van der Waals surface area contributed by atoms with Crippen LogP contribution in [-0.4, -0.2) is 19.0 Å². The number of thiophene rings is 1. The van der Waals surface area contributed by atoms with E-state index in [9.17, 15) is 0 Å². The van der Waals surface area contributed by atoms with Crippen LogP contribution < -0.4 is 9.75 Å². The smallest absolute Gasteiger partial charge is 0.112 e. The summed E-state index contributed by atoms with van der Waals surface area (Å²) in [5, 5.41) is 9.47. The molecule has 1 aromatic heterocycles. The molecular weight excluding hydrogens is 252 g/mol. The number of rotatable bonds is 1. The molecule has 0 saturated heterocycles. The van der Waals surface area contributed by atoms with E-state index in [-0.39, 0.29) is 0 Å². The van der Waals surface area contributed by atoms with Gasteiger partial charge in [-0.3, -0.25) is 0 Å². The lowest BCUT2D eigenvalue weighted by atomic mass is 10.3. The summed E-state index contributed by atoms with van der Waals surface area (Å²) in [4.78, 5) is 1.90. The zero-order chi connectivity index (χ0) is 14.0. The van der Waals surface area contributed by atoms with Crippen molar-refractivity contribution in [2.75, 3.05) is 14.1 Å². The molecule has 4 heteroatoms. The second-order valence-corrected chi connectivity index (χ2v) is 4.45. The number of nitriles is 1. The summed E-state index contributed by atoms with van der Waals surface area (Å²) in [5.74, 6) is 0. The van der Waals surface area contributed by atoms with Gasteiger partial charge in [0.1, 0.15) is 10.4 Å². The topological polar surface area (TPSA) is 27.0 Å². The van der Waals surface area contributed by atoms with E-state index in [2.05, 4.69) is 6.58 Å². The number of halogens is 1. The first-order valence-electron chi connectivity index (χ1n) is 5.62. The quantitative estimate of drug-likeness (QED) is 0.786. The fourth-order valence-corrected chi connectivity index (χ4v) is 2.26. The Balaban J connectivity index is 0. The lowest BCUT2D eigenvalue weighted by Crippen LogP contribution is -2.22. The van der Waals surface area contributed by atoms with Crippen molar-refractivity contribution in [3.05, 3.63) is 19.7 Å². The molecule has 0 amide bonds. The van der Waals surface area contributed by atoms with E-state index in [1.165, 1.54) is 11.3 Å². The van der Waals surface area contributed by atoms with E-state index < -0.39 is 0 Å². The molecule has 0 fully saturated rings. The summed E-state index contributed by atoms with van der Waals surface area (Å²) in [7, 11) is 3.83. The van der Waals surface area contributed by atoms with Gasteiger partial charge in [-0.25, -0.2) is 0 Å². The summed E-state index contributed by atoms with van der Waals surface area (Å²) in [6, 6.07) is 2.03. The van der Waals surface area contributed by atoms with E-state index in [0.29, 0.717) is 15.1 Å². The highest BCUT2D eigenvalue weighted by atomic mass is 35.5. The maximum Gasteiger partial charge on any atom is 0.112 e. The monoisotopic (exact) mass is 272 g/mol. The third-order valence-corrected chi connectivity index (χ3v) is 2.86. The zero-order valence-electron chi connectivity index (χ0n) is 11.5. The molecule has 1 rings (SSSR count). The molecule has 1 heterocycles. The maximum absolute atomic E-state index is 8.75. The van der Waals surface area contributed by atoms with Crippen LogP contribution in [0, 0.1) is 11.3 Å². The van der Waals surface area contributed by atoms with Crippen LogP contribution >= 0.6 is 22.9 Å². The predicted molar refractivity (Wildman–Crippen MR) is 79.7 cm³/mol. The first-order chi connectivity index (χ1) is 8.06. The highest BCUT2D eigenvalue weighted by Gasteiger charge is 2.04. The summed E-state index contributed by atoms with van der Waals surface area (Å²) >= 11 is 7.23. The molecule has 0 aliphatic heterocycles. The summed E-state index contributed by atoms with van der Waals surface area (Å²) < 4.78 is 1.45. The largest absolute Gasteiger partial charge is 0.382 e. The Morgan fingerprint density at radius 3 is 2.06 bits per heavy atom. The Labute approximate surface area is 113 Å². The molecule has 0 bridgehead atoms. The molecule has 17 heavy (non-hydrogen) atoms. The third kappa shape index (κ3) is 5.76. The van der Waals surface area contributed by atoms with Gasteiger partial charge in [0.05, 0.1) is 10.1 Å². The molecule has 96 valence electrons. The Morgan fingerprint density at radius 1 is 1.29 bits per heavy atom. The summed E-state index contributed by atoms with van der Waals surface area (Å²) in [6.07, 6.45) is 1.90. The van der Waals surface area contributed by atoms with E-state index in [4.69, 9.17) is 16.9 Å². The van der Waals surface area contributed by atoms with Crippen LogP contribution in [0.5, 0.6) is 0 Å². The van der Waals surface area contributed by atoms with Crippen LogP contribution in [0.3, 0.4) is 0 Å². The van der Waals surface area contributed by atoms with E-state index >= 15 is 0 Å². The molecule has 0 saturated carbocycles. The molecule has 2 nitrogen and oxygen atoms in total. The Hall–Kier alpha value is -0.980. The molecule has 1 aromatic rings. The number of hydrogen-bond acceptors (Lipinski definition) is 3. The zero-order valence-corrected chi connectivity index (χ0v) is 13.0. The van der Waals surface area contributed by atoms with Gasteiger partial charge in [-0.15, -0.1) is 11.3 Å². The van der Waals surface area contributed by atoms with Gasteiger partial charge in [0.2, 0.25) is 0 Å². The molecular formula is C13H21ClN2S. The minimum Gasteiger partial charge on any atom is -0.382 e. The van der Waals surface area contributed by atoms with Gasteiger partial charge in [-0.2, -0.15) is 5.26 Å². The van der Waals surface area contributed by atoms with Gasteiger partial charge < -0.3 is 4.90 Å². The first kappa shape index (κ1) is 18.4. The Bertz CT molecular complexity index is 455. The van der Waals surface area contributed by atoms with Gasteiger partial charge >= 0.3 is 0 Å². The van der Waals surface area contributed by atoms with Gasteiger partial charge in [0, 0.05) is 25.5 Å². The van der Waals surface area contributed by atoms with Crippen molar-refractivity contribution < 1.29 is 0 Å². The average Bonchev–Trinajstić information content (AvgIpc) is 2.58. The summed E-state index contributed by atoms with van der Waals surface area (Å²) in [6.45, 7) is 11.8. The van der Waals surface area contributed by atoms with E-state index in [0.717, 1.165) is 4.53 Å². The van der Waals surface area contributed by atoms with Crippen molar-refractivity contribution >= 4 is 35.7 Å². The highest BCUT2D eigenvalue weighted by molar-refractivity contribution is 7.14. The SMILES string of the molecule is C=c1c(C#N)c(Cl)s/c1=C/N(C)C.CC.CC. The average molecular weight is 273 g/mol. The van der Waals surface area contributed by atoms with Crippen molar-refractivity contribution in [1.29, 1.82) is 5.26 Å². The number of nitrogens with zero attached hydrogens (tertiary/aromatic N) is 2. The van der Waals surface area contributed by atoms with Crippen molar-refractivity contribution in [3.63, 3.8) is 0 Å². The van der Waals surface area contributed by atoms with Crippen LogP contribution in [0.15, 0.2) is 0 Å². The third-order valence-electron chi connectivity index (χ3n) is 1.48. The lowest BCUT2D eigenvalue weighted by Gasteiger charge is -2.00. The van der Waals surface area contributed by atoms with Crippen molar-refractivity contribution in [3.8, 4) is 6.07 Å². The maximum atomic E-state index is 8.75. The minimum atomic E-state index is 0.486. The molecule has 0 aromatic carbocycles. The molecule has 0 N–H and O–H groups in total.